The molecule has 4 rings (SSSR count). The highest BCUT2D eigenvalue weighted by atomic mass is 16.5. The molecule has 1 heterocycles. The molecule has 2 N–H and O–H groups in total. The molecule has 0 saturated heterocycles. The maximum absolute atomic E-state index is 13.1. The molecule has 0 fully saturated rings. The molecule has 0 saturated carbocycles. The fraction of sp³-hybridized carbons (Fsp3) is 0.0833. The van der Waals surface area contributed by atoms with Crippen LogP contribution in [0.4, 0.5) is 5.69 Å². The lowest BCUT2D eigenvalue weighted by atomic mass is 10.0. The van der Waals surface area contributed by atoms with Crippen LogP contribution in [-0.4, -0.2) is 30.4 Å². The highest BCUT2D eigenvalue weighted by Crippen LogP contribution is 2.30. The van der Waals surface area contributed by atoms with Crippen molar-refractivity contribution in [1.82, 2.24) is 4.98 Å². The Hall–Kier alpha value is -3.86. The molecular formula is C24H20N2O3. The van der Waals surface area contributed by atoms with E-state index < -0.39 is 5.97 Å². The first-order valence-corrected chi connectivity index (χ1v) is 9.32. The van der Waals surface area contributed by atoms with Crippen molar-refractivity contribution in [2.45, 2.75) is 0 Å². The highest BCUT2D eigenvalue weighted by molar-refractivity contribution is 6.14. The van der Waals surface area contributed by atoms with Crippen molar-refractivity contribution in [2.24, 2.45) is 0 Å². The number of nitrogens with one attached hydrogen (secondary N) is 2. The van der Waals surface area contributed by atoms with Crippen molar-refractivity contribution in [3.8, 4) is 11.3 Å². The number of H-pyrrole nitrogens is 1. The predicted octanol–water partition coefficient (Wildman–Crippen LogP) is 4.92. The molecule has 0 atom stereocenters. The Bertz CT molecular complexity index is 1180. The number of carbonyl (C=O) groups is 2. The summed E-state index contributed by atoms with van der Waals surface area (Å²) in [6.45, 7) is -0.335. The molecule has 0 amide bonds. The zero-order chi connectivity index (χ0) is 20.2. The molecule has 0 aliphatic carbocycles. The summed E-state index contributed by atoms with van der Waals surface area (Å²) in [6, 6.07) is 24.3. The van der Waals surface area contributed by atoms with Gasteiger partial charge in [-0.15, -0.1) is 0 Å². The number of ketones is 1. The first-order valence-electron chi connectivity index (χ1n) is 9.32. The summed E-state index contributed by atoms with van der Waals surface area (Å²) in [6.07, 6.45) is 0. The van der Waals surface area contributed by atoms with Gasteiger partial charge in [-0.2, -0.15) is 0 Å². The van der Waals surface area contributed by atoms with Gasteiger partial charge in [-0.3, -0.25) is 4.79 Å². The van der Waals surface area contributed by atoms with Crippen LogP contribution in [0, 0.1) is 0 Å². The maximum atomic E-state index is 13.1. The maximum Gasteiger partial charge on any atom is 0.340 e. The van der Waals surface area contributed by atoms with E-state index in [0.717, 1.165) is 22.2 Å². The lowest BCUT2D eigenvalue weighted by Gasteiger charge is -2.09. The number of para-hydroxylation sites is 2. The van der Waals surface area contributed by atoms with Crippen LogP contribution in [0.1, 0.15) is 20.7 Å². The van der Waals surface area contributed by atoms with Crippen LogP contribution in [-0.2, 0) is 4.74 Å². The fourth-order valence-corrected chi connectivity index (χ4v) is 3.41. The quantitative estimate of drug-likeness (QED) is 0.366. The molecule has 1 aromatic heterocycles. The van der Waals surface area contributed by atoms with Crippen molar-refractivity contribution in [1.29, 1.82) is 0 Å². The molecule has 0 aliphatic heterocycles. The second-order valence-corrected chi connectivity index (χ2v) is 6.58. The zero-order valence-electron chi connectivity index (χ0n) is 15.9. The number of aromatic amines is 1. The van der Waals surface area contributed by atoms with E-state index in [1.54, 1.807) is 25.2 Å². The van der Waals surface area contributed by atoms with Gasteiger partial charge in [0.2, 0.25) is 5.78 Å². The van der Waals surface area contributed by atoms with Gasteiger partial charge in [-0.05, 0) is 23.8 Å². The normalized spacial score (nSPS) is 10.7. The molecule has 0 radical (unpaired) electrons. The lowest BCUT2D eigenvalue weighted by molar-refractivity contribution is 0.0476. The zero-order valence-corrected chi connectivity index (χ0v) is 15.9. The van der Waals surface area contributed by atoms with Crippen LogP contribution in [0.15, 0.2) is 78.9 Å². The minimum Gasteiger partial charge on any atom is -0.454 e. The predicted molar refractivity (Wildman–Crippen MR) is 114 cm³/mol. The summed E-state index contributed by atoms with van der Waals surface area (Å²) >= 11 is 0. The third kappa shape index (κ3) is 3.62. The van der Waals surface area contributed by atoms with Gasteiger partial charge in [0.25, 0.3) is 0 Å². The summed E-state index contributed by atoms with van der Waals surface area (Å²) in [5.41, 5.74) is 4.07. The van der Waals surface area contributed by atoms with E-state index in [9.17, 15) is 9.59 Å². The van der Waals surface area contributed by atoms with E-state index in [4.69, 9.17) is 4.74 Å². The van der Waals surface area contributed by atoms with Crippen LogP contribution in [0.3, 0.4) is 0 Å². The minimum absolute atomic E-state index is 0.253. The standard InChI is InChI=1S/C24H20N2O3/c1-25-19-13-7-6-12-18(19)24(28)29-15-21(27)22-17-11-5-8-14-20(17)26-23(22)16-9-3-2-4-10-16/h2-14,25-26H,15H2,1H3. The third-order valence-electron chi connectivity index (χ3n) is 4.80. The number of rotatable bonds is 6. The molecule has 0 aliphatic rings. The summed E-state index contributed by atoms with van der Waals surface area (Å²) in [7, 11) is 1.73. The highest BCUT2D eigenvalue weighted by Gasteiger charge is 2.21. The van der Waals surface area contributed by atoms with Gasteiger partial charge in [-0.25, -0.2) is 4.79 Å². The average Bonchev–Trinajstić information content (AvgIpc) is 3.17. The van der Waals surface area contributed by atoms with Gasteiger partial charge in [-0.1, -0.05) is 60.7 Å². The molecule has 0 spiro atoms. The van der Waals surface area contributed by atoms with Crippen molar-refractivity contribution >= 4 is 28.3 Å². The second kappa shape index (κ2) is 8.02. The average molecular weight is 384 g/mol. The largest absolute Gasteiger partial charge is 0.454 e. The van der Waals surface area contributed by atoms with Crippen molar-refractivity contribution in [3.05, 3.63) is 90.0 Å². The second-order valence-electron chi connectivity index (χ2n) is 6.58. The summed E-state index contributed by atoms with van der Waals surface area (Å²) in [4.78, 5) is 28.9. The van der Waals surface area contributed by atoms with E-state index in [-0.39, 0.29) is 12.4 Å². The van der Waals surface area contributed by atoms with Crippen LogP contribution in [0.2, 0.25) is 0 Å². The Kier molecular flexibility index (Phi) is 5.12. The number of fused-ring (bicyclic) bond motifs is 1. The van der Waals surface area contributed by atoms with Gasteiger partial charge < -0.3 is 15.0 Å². The SMILES string of the molecule is CNc1ccccc1C(=O)OCC(=O)c1c(-c2ccccc2)[nH]c2ccccc12. The number of hydrogen-bond donors (Lipinski definition) is 2. The Balaban J connectivity index is 1.64. The van der Waals surface area contributed by atoms with Gasteiger partial charge >= 0.3 is 5.97 Å². The Labute approximate surface area is 168 Å². The van der Waals surface area contributed by atoms with Crippen LogP contribution in [0.5, 0.6) is 0 Å². The number of carbonyl (C=O) groups excluding carboxylic acids is 2. The summed E-state index contributed by atoms with van der Waals surface area (Å²) < 4.78 is 5.35. The topological polar surface area (TPSA) is 71.2 Å². The number of ether oxygens (including phenoxy) is 1. The number of esters is 1. The molecule has 5 nitrogen and oxygen atoms in total. The number of benzene rings is 3. The molecule has 144 valence electrons. The number of Topliss-reactive ketones (excluding diaryl/α,β-unsaturated/α-hetero) is 1. The van der Waals surface area contributed by atoms with Crippen molar-refractivity contribution in [2.75, 3.05) is 19.0 Å². The summed E-state index contributed by atoms with van der Waals surface area (Å²) in [5, 5.41) is 3.76. The Morgan fingerprint density at radius 2 is 1.59 bits per heavy atom. The molecule has 4 aromatic rings. The van der Waals surface area contributed by atoms with Gasteiger partial charge in [0.1, 0.15) is 0 Å². The van der Waals surface area contributed by atoms with E-state index in [2.05, 4.69) is 10.3 Å². The summed E-state index contributed by atoms with van der Waals surface area (Å²) in [5.74, 6) is -0.791. The van der Waals surface area contributed by atoms with Gasteiger partial charge in [0.05, 0.1) is 16.8 Å². The van der Waals surface area contributed by atoms with Crippen LogP contribution < -0.4 is 5.32 Å². The number of aromatic nitrogens is 1. The van der Waals surface area contributed by atoms with Crippen LogP contribution >= 0.6 is 0 Å². The van der Waals surface area contributed by atoms with Crippen molar-refractivity contribution in [3.63, 3.8) is 0 Å². The van der Waals surface area contributed by atoms with Gasteiger partial charge in [0.15, 0.2) is 6.61 Å². The number of hydrogen-bond acceptors (Lipinski definition) is 4. The fourth-order valence-electron chi connectivity index (χ4n) is 3.41. The monoisotopic (exact) mass is 384 g/mol. The number of anilines is 1. The molecule has 0 unspecified atom stereocenters. The molecule has 29 heavy (non-hydrogen) atoms. The van der Waals surface area contributed by atoms with Crippen LogP contribution in [0.25, 0.3) is 22.2 Å². The molecule has 0 bridgehead atoms. The van der Waals surface area contributed by atoms with Gasteiger partial charge in [0, 0.05) is 23.6 Å². The van der Waals surface area contributed by atoms with E-state index >= 15 is 0 Å². The first-order chi connectivity index (χ1) is 14.2. The van der Waals surface area contributed by atoms with E-state index in [1.807, 2.05) is 60.7 Å². The lowest BCUT2D eigenvalue weighted by Crippen LogP contribution is -2.15. The van der Waals surface area contributed by atoms with Crippen molar-refractivity contribution < 1.29 is 14.3 Å². The molecule has 3 aromatic carbocycles. The van der Waals surface area contributed by atoms with E-state index in [0.29, 0.717) is 16.8 Å². The smallest absolute Gasteiger partial charge is 0.340 e. The minimum atomic E-state index is -0.538. The first kappa shape index (κ1) is 18.5. The molecular weight excluding hydrogens is 364 g/mol. The third-order valence-corrected chi connectivity index (χ3v) is 4.80. The van der Waals surface area contributed by atoms with E-state index in [1.165, 1.54) is 0 Å². The molecule has 5 heteroatoms. The Morgan fingerprint density at radius 3 is 2.38 bits per heavy atom. The Morgan fingerprint density at radius 1 is 0.897 bits per heavy atom.